The van der Waals surface area contributed by atoms with Crippen molar-refractivity contribution in [3.63, 3.8) is 0 Å². The fourth-order valence-corrected chi connectivity index (χ4v) is 3.81. The summed E-state index contributed by atoms with van der Waals surface area (Å²) in [6.45, 7) is 4.38. The average Bonchev–Trinajstić information content (AvgIpc) is 2.85. The molecule has 1 saturated heterocycles. The van der Waals surface area contributed by atoms with E-state index in [1.165, 1.54) is 6.92 Å². The molecule has 1 N–H and O–H groups in total. The van der Waals surface area contributed by atoms with E-state index in [0.29, 0.717) is 25.6 Å². The molecule has 0 saturated carbocycles. The standard InChI is InChI=1S/C14H19F2NO3S/c1-9-5-13(16)14(7-12(9)15)21(18,19)17-10(2)6-11-3-4-20-8-11/h5,7,10-11,17H,3-4,6,8H2,1-2H3/t10-,11+/m1/s1. The summed E-state index contributed by atoms with van der Waals surface area (Å²) in [6.07, 6.45) is 1.49. The summed E-state index contributed by atoms with van der Waals surface area (Å²) in [7, 11) is -4.08. The third kappa shape index (κ3) is 3.99. The van der Waals surface area contributed by atoms with Gasteiger partial charge >= 0.3 is 0 Å². The van der Waals surface area contributed by atoms with Crippen molar-refractivity contribution in [2.24, 2.45) is 5.92 Å². The third-order valence-electron chi connectivity index (χ3n) is 3.57. The van der Waals surface area contributed by atoms with Crippen molar-refractivity contribution >= 4 is 10.0 Å². The molecule has 21 heavy (non-hydrogen) atoms. The number of rotatable bonds is 5. The van der Waals surface area contributed by atoms with Crippen molar-refractivity contribution in [3.8, 4) is 0 Å². The Labute approximate surface area is 123 Å². The Bertz CT molecular complexity index is 613. The molecule has 1 fully saturated rings. The van der Waals surface area contributed by atoms with Crippen molar-refractivity contribution in [1.29, 1.82) is 0 Å². The molecule has 0 radical (unpaired) electrons. The first kappa shape index (κ1) is 16.3. The normalized spacial score (nSPS) is 20.7. The number of ether oxygens (including phenoxy) is 1. The molecule has 7 heteroatoms. The van der Waals surface area contributed by atoms with Gasteiger partial charge < -0.3 is 4.74 Å². The smallest absolute Gasteiger partial charge is 0.243 e. The van der Waals surface area contributed by atoms with Gasteiger partial charge in [0.2, 0.25) is 10.0 Å². The highest BCUT2D eigenvalue weighted by atomic mass is 32.2. The van der Waals surface area contributed by atoms with Crippen LogP contribution in [0, 0.1) is 24.5 Å². The van der Waals surface area contributed by atoms with Gasteiger partial charge in [0.1, 0.15) is 16.5 Å². The summed E-state index contributed by atoms with van der Waals surface area (Å²) in [5.74, 6) is -1.39. The zero-order valence-corrected chi connectivity index (χ0v) is 12.8. The predicted molar refractivity (Wildman–Crippen MR) is 74.4 cm³/mol. The van der Waals surface area contributed by atoms with Crippen molar-refractivity contribution < 1.29 is 21.9 Å². The zero-order valence-electron chi connectivity index (χ0n) is 12.0. The molecule has 0 aromatic heterocycles. The number of aryl methyl sites for hydroxylation is 1. The maximum absolute atomic E-state index is 13.8. The number of hydrogen-bond donors (Lipinski definition) is 1. The second-order valence-corrected chi connectivity index (χ2v) is 7.20. The highest BCUT2D eigenvalue weighted by Crippen LogP contribution is 2.21. The Morgan fingerprint density at radius 3 is 2.71 bits per heavy atom. The van der Waals surface area contributed by atoms with E-state index in [-0.39, 0.29) is 11.6 Å². The molecule has 2 atom stereocenters. The topological polar surface area (TPSA) is 55.4 Å². The SMILES string of the molecule is Cc1cc(F)c(S(=O)(=O)N[C@H](C)C[C@@H]2CCOC2)cc1F. The van der Waals surface area contributed by atoms with Gasteiger partial charge in [0.05, 0.1) is 0 Å². The summed E-state index contributed by atoms with van der Waals surface area (Å²) < 4.78 is 59.2. The van der Waals surface area contributed by atoms with Crippen LogP contribution in [0.1, 0.15) is 25.3 Å². The summed E-state index contributed by atoms with van der Waals surface area (Å²) in [5.41, 5.74) is 0.0719. The van der Waals surface area contributed by atoms with E-state index < -0.39 is 26.6 Å². The Hall–Kier alpha value is -1.05. The highest BCUT2D eigenvalue weighted by molar-refractivity contribution is 7.89. The highest BCUT2D eigenvalue weighted by Gasteiger charge is 2.25. The second kappa shape index (κ2) is 6.37. The molecule has 0 bridgehead atoms. The Morgan fingerprint density at radius 2 is 2.10 bits per heavy atom. The Kier molecular flexibility index (Phi) is 4.95. The molecule has 118 valence electrons. The van der Waals surface area contributed by atoms with E-state index >= 15 is 0 Å². The third-order valence-corrected chi connectivity index (χ3v) is 5.17. The van der Waals surface area contributed by atoms with Gasteiger partial charge in [-0.2, -0.15) is 0 Å². The largest absolute Gasteiger partial charge is 0.381 e. The van der Waals surface area contributed by atoms with Crippen LogP contribution in [0.5, 0.6) is 0 Å². The Balaban J connectivity index is 2.12. The van der Waals surface area contributed by atoms with Crippen LogP contribution in [0.2, 0.25) is 0 Å². The number of sulfonamides is 1. The number of halogens is 2. The second-order valence-electron chi connectivity index (χ2n) is 5.52. The lowest BCUT2D eigenvalue weighted by molar-refractivity contribution is 0.182. The maximum Gasteiger partial charge on any atom is 0.243 e. The summed E-state index contributed by atoms with van der Waals surface area (Å²) in [4.78, 5) is -0.653. The van der Waals surface area contributed by atoms with Crippen LogP contribution in [0.15, 0.2) is 17.0 Å². The van der Waals surface area contributed by atoms with Gasteiger partial charge in [0, 0.05) is 19.3 Å². The van der Waals surface area contributed by atoms with Crippen LogP contribution in [0.3, 0.4) is 0 Å². The van der Waals surface area contributed by atoms with E-state index in [1.807, 2.05) is 0 Å². The number of hydrogen-bond acceptors (Lipinski definition) is 3. The molecule has 1 aromatic carbocycles. The van der Waals surface area contributed by atoms with Gasteiger partial charge in [-0.3, -0.25) is 0 Å². The van der Waals surface area contributed by atoms with Crippen LogP contribution in [0.25, 0.3) is 0 Å². The molecule has 0 amide bonds. The van der Waals surface area contributed by atoms with Gasteiger partial charge in [-0.05, 0) is 50.3 Å². The Morgan fingerprint density at radius 1 is 1.38 bits per heavy atom. The molecule has 2 rings (SSSR count). The van der Waals surface area contributed by atoms with E-state index in [1.54, 1.807) is 6.92 Å². The van der Waals surface area contributed by atoms with Gasteiger partial charge in [-0.1, -0.05) is 0 Å². The molecule has 0 unspecified atom stereocenters. The van der Waals surface area contributed by atoms with Crippen LogP contribution < -0.4 is 4.72 Å². The van der Waals surface area contributed by atoms with Crippen LogP contribution in [-0.4, -0.2) is 27.7 Å². The molecule has 0 aliphatic carbocycles. The lowest BCUT2D eigenvalue weighted by Crippen LogP contribution is -2.34. The molecule has 1 aromatic rings. The van der Waals surface area contributed by atoms with E-state index in [9.17, 15) is 17.2 Å². The molecular weight excluding hydrogens is 300 g/mol. The van der Waals surface area contributed by atoms with Crippen molar-refractivity contribution in [2.75, 3.05) is 13.2 Å². The van der Waals surface area contributed by atoms with Crippen molar-refractivity contribution in [2.45, 2.75) is 37.6 Å². The van der Waals surface area contributed by atoms with Gasteiger partial charge in [0.25, 0.3) is 0 Å². The first-order valence-electron chi connectivity index (χ1n) is 6.85. The van der Waals surface area contributed by atoms with Gasteiger partial charge in [-0.15, -0.1) is 0 Å². The molecule has 1 heterocycles. The summed E-state index contributed by atoms with van der Waals surface area (Å²) >= 11 is 0. The average molecular weight is 319 g/mol. The van der Waals surface area contributed by atoms with E-state index in [0.717, 1.165) is 18.6 Å². The summed E-state index contributed by atoms with van der Waals surface area (Å²) in [6, 6.07) is 1.24. The monoisotopic (exact) mass is 319 g/mol. The number of benzene rings is 1. The predicted octanol–water partition coefficient (Wildman–Crippen LogP) is 2.37. The fraction of sp³-hybridized carbons (Fsp3) is 0.571. The first-order chi connectivity index (χ1) is 9.79. The first-order valence-corrected chi connectivity index (χ1v) is 8.33. The minimum atomic E-state index is -4.08. The summed E-state index contributed by atoms with van der Waals surface area (Å²) in [5, 5.41) is 0. The maximum atomic E-state index is 13.8. The molecule has 4 nitrogen and oxygen atoms in total. The van der Waals surface area contributed by atoms with Crippen LogP contribution in [0.4, 0.5) is 8.78 Å². The molecule has 1 aliphatic heterocycles. The van der Waals surface area contributed by atoms with E-state index in [4.69, 9.17) is 4.74 Å². The van der Waals surface area contributed by atoms with Crippen molar-refractivity contribution in [3.05, 3.63) is 29.3 Å². The lowest BCUT2D eigenvalue weighted by Gasteiger charge is -2.17. The molecule has 0 spiro atoms. The lowest BCUT2D eigenvalue weighted by atomic mass is 10.0. The zero-order chi connectivity index (χ0) is 15.6. The minimum Gasteiger partial charge on any atom is -0.381 e. The van der Waals surface area contributed by atoms with Crippen LogP contribution in [-0.2, 0) is 14.8 Å². The van der Waals surface area contributed by atoms with Crippen LogP contribution >= 0.6 is 0 Å². The quantitative estimate of drug-likeness (QED) is 0.906. The minimum absolute atomic E-state index is 0.0719. The molecular formula is C14H19F2NO3S. The molecule has 1 aliphatic rings. The number of nitrogens with one attached hydrogen (secondary N) is 1. The van der Waals surface area contributed by atoms with E-state index in [2.05, 4.69) is 4.72 Å². The fourth-order valence-electron chi connectivity index (χ4n) is 2.48. The van der Waals surface area contributed by atoms with Crippen molar-refractivity contribution in [1.82, 2.24) is 4.72 Å². The van der Waals surface area contributed by atoms with Gasteiger partial charge in [0.15, 0.2) is 0 Å². The van der Waals surface area contributed by atoms with Gasteiger partial charge in [-0.25, -0.2) is 21.9 Å².